The summed E-state index contributed by atoms with van der Waals surface area (Å²) < 4.78 is 0. The maximum absolute atomic E-state index is 5.62. The lowest BCUT2D eigenvalue weighted by Gasteiger charge is -2.17. The number of hydrogen-bond donors (Lipinski definition) is 2. The quantitative estimate of drug-likeness (QED) is 0.611. The Bertz CT molecular complexity index is 305. The summed E-state index contributed by atoms with van der Waals surface area (Å²) in [6.45, 7) is 2.04. The summed E-state index contributed by atoms with van der Waals surface area (Å²) in [4.78, 5) is 5.56. The van der Waals surface area contributed by atoms with Gasteiger partial charge in [0.15, 0.2) is 0 Å². The van der Waals surface area contributed by atoms with E-state index in [4.69, 9.17) is 5.84 Å². The zero-order chi connectivity index (χ0) is 10.7. The molecule has 1 saturated carbocycles. The third kappa shape index (κ3) is 2.77. The van der Waals surface area contributed by atoms with Gasteiger partial charge in [-0.2, -0.15) is 0 Å². The van der Waals surface area contributed by atoms with Gasteiger partial charge in [0.2, 0.25) is 0 Å². The Kier molecular flexibility index (Phi) is 3.72. The molecule has 0 aliphatic heterocycles. The van der Waals surface area contributed by atoms with E-state index in [0.29, 0.717) is 6.04 Å². The van der Waals surface area contributed by atoms with E-state index in [1.165, 1.54) is 30.6 Å². The van der Waals surface area contributed by atoms with Crippen LogP contribution in [0, 0.1) is 12.8 Å². The van der Waals surface area contributed by atoms with Gasteiger partial charge < -0.3 is 0 Å². The van der Waals surface area contributed by atoms with Crippen molar-refractivity contribution < 1.29 is 0 Å². The van der Waals surface area contributed by atoms with Crippen molar-refractivity contribution in [3.05, 3.63) is 16.1 Å². The van der Waals surface area contributed by atoms with Gasteiger partial charge in [-0.1, -0.05) is 25.7 Å². The van der Waals surface area contributed by atoms with Crippen molar-refractivity contribution in [1.29, 1.82) is 0 Å². The number of nitrogens with two attached hydrogens (primary N) is 1. The number of aryl methyl sites for hydroxylation is 1. The first-order chi connectivity index (χ1) is 7.29. The third-order valence-corrected chi connectivity index (χ3v) is 4.25. The molecular formula is C11H19N3S. The van der Waals surface area contributed by atoms with Crippen molar-refractivity contribution in [3.8, 4) is 0 Å². The highest BCUT2D eigenvalue weighted by Gasteiger charge is 2.21. The second-order valence-electron chi connectivity index (χ2n) is 4.39. The second kappa shape index (κ2) is 5.05. The molecule has 1 atom stereocenters. The predicted octanol–water partition coefficient (Wildman–Crippen LogP) is 2.54. The predicted molar refractivity (Wildman–Crippen MR) is 63.5 cm³/mol. The van der Waals surface area contributed by atoms with Crippen LogP contribution in [0.4, 0.5) is 0 Å². The molecule has 1 unspecified atom stereocenters. The summed E-state index contributed by atoms with van der Waals surface area (Å²) in [5.74, 6) is 6.48. The fourth-order valence-corrected chi connectivity index (χ4v) is 3.24. The topological polar surface area (TPSA) is 50.9 Å². The average Bonchev–Trinajstić information content (AvgIpc) is 2.85. The van der Waals surface area contributed by atoms with Crippen LogP contribution >= 0.6 is 11.3 Å². The molecule has 1 aromatic heterocycles. The minimum absolute atomic E-state index is 0.305. The third-order valence-electron chi connectivity index (χ3n) is 3.23. The van der Waals surface area contributed by atoms with Crippen LogP contribution in [0.3, 0.4) is 0 Å². The fourth-order valence-electron chi connectivity index (χ4n) is 2.38. The van der Waals surface area contributed by atoms with Crippen LogP contribution in [0.2, 0.25) is 0 Å². The minimum atomic E-state index is 0.305. The Morgan fingerprint density at radius 1 is 1.60 bits per heavy atom. The molecule has 0 radical (unpaired) electrons. The molecule has 1 heterocycles. The highest BCUT2D eigenvalue weighted by atomic mass is 32.1. The van der Waals surface area contributed by atoms with E-state index in [1.807, 2.05) is 13.1 Å². The molecule has 0 bridgehead atoms. The molecule has 0 spiro atoms. The standard InChI is InChI=1S/C11H19N3S/c1-8-13-7-11(15-8)10(14-12)6-9-4-2-3-5-9/h7,9-10,14H,2-6,12H2,1H3. The van der Waals surface area contributed by atoms with Crippen molar-refractivity contribution in [2.75, 3.05) is 0 Å². The van der Waals surface area contributed by atoms with E-state index >= 15 is 0 Å². The molecule has 0 amide bonds. The number of rotatable bonds is 4. The normalized spacial score (nSPS) is 19.6. The molecule has 4 heteroatoms. The van der Waals surface area contributed by atoms with E-state index in [0.717, 1.165) is 17.3 Å². The van der Waals surface area contributed by atoms with E-state index in [-0.39, 0.29) is 0 Å². The molecule has 0 aromatic carbocycles. The zero-order valence-electron chi connectivity index (χ0n) is 9.20. The van der Waals surface area contributed by atoms with Crippen LogP contribution in [0.15, 0.2) is 6.20 Å². The van der Waals surface area contributed by atoms with Gasteiger partial charge in [0, 0.05) is 11.1 Å². The first-order valence-corrected chi connectivity index (χ1v) is 6.49. The number of aromatic nitrogens is 1. The van der Waals surface area contributed by atoms with E-state index in [9.17, 15) is 0 Å². The first-order valence-electron chi connectivity index (χ1n) is 5.68. The molecule has 2 rings (SSSR count). The Morgan fingerprint density at radius 3 is 2.87 bits per heavy atom. The van der Waals surface area contributed by atoms with Crippen molar-refractivity contribution in [2.45, 2.75) is 45.1 Å². The van der Waals surface area contributed by atoms with Gasteiger partial charge >= 0.3 is 0 Å². The summed E-state index contributed by atoms with van der Waals surface area (Å²) in [6.07, 6.45) is 8.65. The van der Waals surface area contributed by atoms with Crippen molar-refractivity contribution in [3.63, 3.8) is 0 Å². The van der Waals surface area contributed by atoms with E-state index in [1.54, 1.807) is 11.3 Å². The smallest absolute Gasteiger partial charge is 0.0897 e. The monoisotopic (exact) mass is 225 g/mol. The summed E-state index contributed by atoms with van der Waals surface area (Å²) in [5, 5.41) is 1.12. The molecule has 1 fully saturated rings. The van der Waals surface area contributed by atoms with Gasteiger partial charge in [0.25, 0.3) is 0 Å². The van der Waals surface area contributed by atoms with Crippen LogP contribution in [0.1, 0.15) is 48.0 Å². The lowest BCUT2D eigenvalue weighted by Crippen LogP contribution is -2.28. The second-order valence-corrected chi connectivity index (χ2v) is 5.65. The average molecular weight is 225 g/mol. The van der Waals surface area contributed by atoms with Crippen molar-refractivity contribution in [1.82, 2.24) is 10.4 Å². The highest BCUT2D eigenvalue weighted by Crippen LogP contribution is 2.34. The molecule has 1 aromatic rings. The van der Waals surface area contributed by atoms with Crippen molar-refractivity contribution >= 4 is 11.3 Å². The van der Waals surface area contributed by atoms with Gasteiger partial charge in [-0.3, -0.25) is 11.3 Å². The number of nitrogens with one attached hydrogen (secondary N) is 1. The molecule has 0 saturated heterocycles. The first kappa shape index (κ1) is 11.0. The summed E-state index contributed by atoms with van der Waals surface area (Å²) in [6, 6.07) is 0.305. The summed E-state index contributed by atoms with van der Waals surface area (Å²) >= 11 is 1.75. The molecular weight excluding hydrogens is 206 g/mol. The number of thiazole rings is 1. The molecule has 84 valence electrons. The number of hydrazine groups is 1. The van der Waals surface area contributed by atoms with Gasteiger partial charge in [0.1, 0.15) is 0 Å². The van der Waals surface area contributed by atoms with Crippen LogP contribution in [0.5, 0.6) is 0 Å². The summed E-state index contributed by atoms with van der Waals surface area (Å²) in [7, 11) is 0. The molecule has 1 aliphatic rings. The molecule has 3 nitrogen and oxygen atoms in total. The van der Waals surface area contributed by atoms with E-state index < -0.39 is 0 Å². The molecule has 15 heavy (non-hydrogen) atoms. The number of nitrogens with zero attached hydrogens (tertiary/aromatic N) is 1. The Morgan fingerprint density at radius 2 is 2.33 bits per heavy atom. The Balaban J connectivity index is 1.97. The molecule has 1 aliphatic carbocycles. The van der Waals surface area contributed by atoms with Gasteiger partial charge in [-0.15, -0.1) is 11.3 Å². The maximum Gasteiger partial charge on any atom is 0.0897 e. The molecule has 3 N–H and O–H groups in total. The highest BCUT2D eigenvalue weighted by molar-refractivity contribution is 7.11. The van der Waals surface area contributed by atoms with Crippen molar-refractivity contribution in [2.24, 2.45) is 11.8 Å². The lowest BCUT2D eigenvalue weighted by atomic mass is 9.98. The minimum Gasteiger partial charge on any atom is -0.271 e. The van der Waals surface area contributed by atoms with Crippen LogP contribution in [-0.4, -0.2) is 4.98 Å². The number of hydrogen-bond acceptors (Lipinski definition) is 4. The van der Waals surface area contributed by atoms with E-state index in [2.05, 4.69) is 10.4 Å². The van der Waals surface area contributed by atoms with Gasteiger partial charge in [0.05, 0.1) is 11.0 Å². The lowest BCUT2D eigenvalue weighted by molar-refractivity contribution is 0.404. The largest absolute Gasteiger partial charge is 0.271 e. The van der Waals surface area contributed by atoms with Gasteiger partial charge in [-0.05, 0) is 19.3 Å². The Hall–Kier alpha value is -0.450. The van der Waals surface area contributed by atoms with Crippen LogP contribution < -0.4 is 11.3 Å². The van der Waals surface area contributed by atoms with Crippen LogP contribution in [0.25, 0.3) is 0 Å². The SMILES string of the molecule is Cc1ncc(C(CC2CCCC2)NN)s1. The summed E-state index contributed by atoms with van der Waals surface area (Å²) in [5.41, 5.74) is 2.93. The maximum atomic E-state index is 5.62. The van der Waals surface area contributed by atoms with Gasteiger partial charge in [-0.25, -0.2) is 4.98 Å². The fraction of sp³-hybridized carbons (Fsp3) is 0.727. The Labute approximate surface area is 95.1 Å². The van der Waals surface area contributed by atoms with Crippen LogP contribution in [-0.2, 0) is 0 Å². The zero-order valence-corrected chi connectivity index (χ0v) is 10.0.